The Balaban J connectivity index is 2.99. The molecule has 0 aliphatic rings. The highest BCUT2D eigenvalue weighted by atomic mass is 32.2. The molecule has 0 aromatic rings. The summed E-state index contributed by atoms with van der Waals surface area (Å²) in [5.41, 5.74) is 0. The summed E-state index contributed by atoms with van der Waals surface area (Å²) in [5, 5.41) is 8.54. The van der Waals surface area contributed by atoms with Crippen molar-refractivity contribution < 1.29 is 0 Å². The van der Waals surface area contributed by atoms with Crippen molar-refractivity contribution in [1.29, 1.82) is 5.26 Å². The third-order valence-corrected chi connectivity index (χ3v) is 2.18. The Morgan fingerprint density at radius 1 is 1.67 bits per heavy atom. The van der Waals surface area contributed by atoms with E-state index in [4.69, 9.17) is 5.26 Å². The molecule has 0 saturated carbocycles. The Bertz CT molecular complexity index is 95.6. The van der Waals surface area contributed by atoms with Crippen LogP contribution in [0.1, 0.15) is 26.7 Å². The van der Waals surface area contributed by atoms with E-state index in [9.17, 15) is 0 Å². The molecule has 1 atom stereocenters. The fraction of sp³-hybridized carbons (Fsp3) is 0.857. The fourth-order valence-electron chi connectivity index (χ4n) is 0.442. The van der Waals surface area contributed by atoms with Crippen molar-refractivity contribution in [1.82, 2.24) is 0 Å². The molecule has 0 N–H and O–H groups in total. The van der Waals surface area contributed by atoms with Gasteiger partial charge in [0.25, 0.3) is 0 Å². The summed E-state index contributed by atoms with van der Waals surface area (Å²) < 4.78 is 0. The number of nitriles is 1. The zero-order valence-corrected chi connectivity index (χ0v) is 6.87. The second-order valence-electron chi connectivity index (χ2n) is 2.00. The van der Waals surface area contributed by atoms with Gasteiger partial charge in [0.05, 0.1) is 11.3 Å². The molecule has 0 radical (unpaired) electrons. The second-order valence-corrected chi connectivity index (χ2v) is 3.44. The lowest BCUT2D eigenvalue weighted by Crippen LogP contribution is -1.91. The molecule has 0 amide bonds. The lowest BCUT2D eigenvalue weighted by Gasteiger charge is -1.98. The molecular formula is C7H13NS. The van der Waals surface area contributed by atoms with Gasteiger partial charge in [0, 0.05) is 0 Å². The minimum atomic E-state index is 0.177. The predicted molar refractivity (Wildman–Crippen MR) is 42.4 cm³/mol. The van der Waals surface area contributed by atoms with Gasteiger partial charge in [-0.15, -0.1) is 11.8 Å². The lowest BCUT2D eigenvalue weighted by atomic mass is 10.4. The van der Waals surface area contributed by atoms with Crippen molar-refractivity contribution in [3.63, 3.8) is 0 Å². The van der Waals surface area contributed by atoms with E-state index >= 15 is 0 Å². The molecule has 52 valence electrons. The van der Waals surface area contributed by atoms with Gasteiger partial charge in [0.2, 0.25) is 0 Å². The number of rotatable bonds is 4. The van der Waals surface area contributed by atoms with E-state index < -0.39 is 0 Å². The zero-order valence-electron chi connectivity index (χ0n) is 6.05. The summed E-state index contributed by atoms with van der Waals surface area (Å²) >= 11 is 1.74. The molecule has 0 aliphatic heterocycles. The average Bonchev–Trinajstić information content (AvgIpc) is 1.89. The van der Waals surface area contributed by atoms with Crippen molar-refractivity contribution in [2.45, 2.75) is 31.9 Å². The summed E-state index contributed by atoms with van der Waals surface area (Å²) in [6, 6.07) is 2.19. The van der Waals surface area contributed by atoms with E-state index in [1.807, 2.05) is 6.92 Å². The molecule has 0 fully saturated rings. The van der Waals surface area contributed by atoms with Crippen LogP contribution >= 0.6 is 11.8 Å². The minimum absolute atomic E-state index is 0.177. The first kappa shape index (κ1) is 8.84. The van der Waals surface area contributed by atoms with Gasteiger partial charge in [0.1, 0.15) is 0 Å². The van der Waals surface area contributed by atoms with E-state index in [2.05, 4.69) is 13.0 Å². The Morgan fingerprint density at radius 2 is 2.33 bits per heavy atom. The number of hydrogen-bond donors (Lipinski definition) is 0. The summed E-state index contributed by atoms with van der Waals surface area (Å²) in [4.78, 5) is 0. The molecule has 9 heavy (non-hydrogen) atoms. The van der Waals surface area contributed by atoms with Crippen LogP contribution in [0.3, 0.4) is 0 Å². The molecule has 0 aliphatic carbocycles. The Labute approximate surface area is 61.4 Å². The molecule has 0 aromatic heterocycles. The molecule has 0 spiro atoms. The highest BCUT2D eigenvalue weighted by Gasteiger charge is 1.96. The van der Waals surface area contributed by atoms with Gasteiger partial charge in [0.15, 0.2) is 0 Å². The van der Waals surface area contributed by atoms with Gasteiger partial charge in [-0.05, 0) is 19.1 Å². The first-order valence-corrected chi connectivity index (χ1v) is 4.37. The quantitative estimate of drug-likeness (QED) is 0.564. The number of thioether (sulfide) groups is 1. The van der Waals surface area contributed by atoms with E-state index in [0.29, 0.717) is 0 Å². The summed E-state index contributed by atoms with van der Waals surface area (Å²) in [6.07, 6.45) is 2.46. The second kappa shape index (κ2) is 5.97. The first-order valence-electron chi connectivity index (χ1n) is 3.32. The largest absolute Gasteiger partial charge is 0.197 e. The topological polar surface area (TPSA) is 23.8 Å². The number of hydrogen-bond acceptors (Lipinski definition) is 2. The molecule has 0 heterocycles. The minimum Gasteiger partial charge on any atom is -0.197 e. The third-order valence-electron chi connectivity index (χ3n) is 1.05. The van der Waals surface area contributed by atoms with Crippen LogP contribution < -0.4 is 0 Å². The van der Waals surface area contributed by atoms with Crippen molar-refractivity contribution in [2.75, 3.05) is 5.75 Å². The van der Waals surface area contributed by atoms with Gasteiger partial charge in [-0.2, -0.15) is 5.26 Å². The van der Waals surface area contributed by atoms with Gasteiger partial charge in [-0.1, -0.05) is 13.3 Å². The van der Waals surface area contributed by atoms with Crippen molar-refractivity contribution in [2.24, 2.45) is 0 Å². The first-order chi connectivity index (χ1) is 4.31. The van der Waals surface area contributed by atoms with Crippen LogP contribution in [0, 0.1) is 11.3 Å². The standard InChI is InChI=1S/C7H13NS/c1-3-4-5-9-7(2)6-8/h7H,3-5H2,1-2H3. The zero-order chi connectivity index (χ0) is 7.11. The van der Waals surface area contributed by atoms with E-state index in [0.717, 1.165) is 5.75 Å². The molecule has 2 heteroatoms. The maximum atomic E-state index is 8.36. The number of unbranched alkanes of at least 4 members (excludes halogenated alkanes) is 1. The van der Waals surface area contributed by atoms with Crippen molar-refractivity contribution in [3.8, 4) is 6.07 Å². The molecule has 0 saturated heterocycles. The van der Waals surface area contributed by atoms with E-state index in [1.54, 1.807) is 11.8 Å². The number of nitrogens with zero attached hydrogens (tertiary/aromatic N) is 1. The Kier molecular flexibility index (Phi) is 5.86. The summed E-state index contributed by atoms with van der Waals surface area (Å²) in [6.45, 7) is 4.11. The lowest BCUT2D eigenvalue weighted by molar-refractivity contribution is 0.895. The van der Waals surface area contributed by atoms with Crippen LogP contribution in [-0.4, -0.2) is 11.0 Å². The van der Waals surface area contributed by atoms with Crippen LogP contribution in [0.2, 0.25) is 0 Å². The Hall–Kier alpha value is -0.160. The average molecular weight is 143 g/mol. The van der Waals surface area contributed by atoms with Crippen molar-refractivity contribution in [3.05, 3.63) is 0 Å². The fourth-order valence-corrected chi connectivity index (χ4v) is 1.33. The van der Waals surface area contributed by atoms with Crippen LogP contribution in [0.4, 0.5) is 0 Å². The molecule has 1 unspecified atom stereocenters. The Morgan fingerprint density at radius 3 is 2.78 bits per heavy atom. The van der Waals surface area contributed by atoms with Gasteiger partial charge in [-0.3, -0.25) is 0 Å². The third kappa shape index (κ3) is 5.72. The van der Waals surface area contributed by atoms with Gasteiger partial charge >= 0.3 is 0 Å². The molecule has 0 aromatic carbocycles. The maximum Gasteiger partial charge on any atom is 0.0888 e. The highest BCUT2D eigenvalue weighted by molar-refractivity contribution is 8.00. The van der Waals surface area contributed by atoms with Gasteiger partial charge < -0.3 is 0 Å². The smallest absolute Gasteiger partial charge is 0.0888 e. The predicted octanol–water partition coefficient (Wildman–Crippen LogP) is 2.43. The molecule has 1 nitrogen and oxygen atoms in total. The molecule has 0 rings (SSSR count). The van der Waals surface area contributed by atoms with Crippen LogP contribution in [0.25, 0.3) is 0 Å². The molecule has 0 bridgehead atoms. The van der Waals surface area contributed by atoms with Crippen LogP contribution in [-0.2, 0) is 0 Å². The van der Waals surface area contributed by atoms with Gasteiger partial charge in [-0.25, -0.2) is 0 Å². The molecular weight excluding hydrogens is 130 g/mol. The van der Waals surface area contributed by atoms with Crippen molar-refractivity contribution >= 4 is 11.8 Å². The normalized spacial score (nSPS) is 12.6. The summed E-state index contributed by atoms with van der Waals surface area (Å²) in [5.74, 6) is 1.13. The van der Waals surface area contributed by atoms with Crippen LogP contribution in [0.5, 0.6) is 0 Å². The van der Waals surface area contributed by atoms with E-state index in [-0.39, 0.29) is 5.25 Å². The maximum absolute atomic E-state index is 8.36. The monoisotopic (exact) mass is 143 g/mol. The highest BCUT2D eigenvalue weighted by Crippen LogP contribution is 2.10. The van der Waals surface area contributed by atoms with Crippen LogP contribution in [0.15, 0.2) is 0 Å². The SMILES string of the molecule is CCCCSC(C)C#N. The van der Waals surface area contributed by atoms with E-state index in [1.165, 1.54) is 12.8 Å². The summed E-state index contributed by atoms with van der Waals surface area (Å²) in [7, 11) is 0.